The Balaban J connectivity index is 1.27. The Bertz CT molecular complexity index is 2740. The SMILES string of the molecule is COc1ccc(-n2c(=O)c(C(C)=NC[C@@H]3c4ccccc4C(=O)N(CCc4ccccc4)[C@@H]3c3ccc4c(c3)c3ccccc3n4C)c(O)n(C)c2=O)cc1. The van der Waals surface area contributed by atoms with Crippen LogP contribution in [-0.2, 0) is 20.5 Å². The van der Waals surface area contributed by atoms with E-state index in [1.165, 1.54) is 14.2 Å². The number of aliphatic imine (C=N–C) groups is 1. The Morgan fingerprint density at radius 1 is 0.782 bits per heavy atom. The van der Waals surface area contributed by atoms with Gasteiger partial charge in [0.05, 0.1) is 18.8 Å². The molecule has 0 spiro atoms. The van der Waals surface area contributed by atoms with Gasteiger partial charge in [-0.05, 0) is 78.6 Å². The average molecular weight is 732 g/mol. The molecule has 0 unspecified atom stereocenters. The predicted molar refractivity (Wildman–Crippen MR) is 216 cm³/mol. The number of aromatic nitrogens is 3. The molecule has 5 aromatic carbocycles. The quantitative estimate of drug-likeness (QED) is 0.162. The number of ether oxygens (including phenoxy) is 1. The van der Waals surface area contributed by atoms with Crippen LogP contribution in [-0.4, -0.2) is 55.5 Å². The summed E-state index contributed by atoms with van der Waals surface area (Å²) in [5.41, 5.74) is 4.94. The zero-order chi connectivity index (χ0) is 38.4. The molecule has 0 radical (unpaired) electrons. The van der Waals surface area contributed by atoms with Crippen LogP contribution in [0.3, 0.4) is 0 Å². The van der Waals surface area contributed by atoms with E-state index in [-0.39, 0.29) is 29.6 Å². The first-order valence-corrected chi connectivity index (χ1v) is 18.3. The molecule has 7 aromatic rings. The third-order valence-electron chi connectivity index (χ3n) is 11.0. The van der Waals surface area contributed by atoms with Crippen LogP contribution >= 0.6 is 0 Å². The smallest absolute Gasteiger partial charge is 0.338 e. The van der Waals surface area contributed by atoms with E-state index in [0.29, 0.717) is 30.0 Å². The number of benzene rings is 5. The van der Waals surface area contributed by atoms with Gasteiger partial charge in [-0.3, -0.25) is 19.1 Å². The lowest BCUT2D eigenvalue weighted by Gasteiger charge is -2.42. The van der Waals surface area contributed by atoms with Crippen LogP contribution in [0.5, 0.6) is 11.6 Å². The summed E-state index contributed by atoms with van der Waals surface area (Å²) in [5, 5.41) is 13.5. The van der Waals surface area contributed by atoms with Crippen molar-refractivity contribution in [3.63, 3.8) is 0 Å². The van der Waals surface area contributed by atoms with Crippen LogP contribution in [0.25, 0.3) is 27.5 Å². The number of aromatic hydroxyl groups is 1. The van der Waals surface area contributed by atoms with Crippen molar-refractivity contribution in [1.82, 2.24) is 18.6 Å². The minimum Gasteiger partial charge on any atom is -0.497 e. The second-order valence-corrected chi connectivity index (χ2v) is 14.0. The summed E-state index contributed by atoms with van der Waals surface area (Å²) < 4.78 is 9.52. The highest BCUT2D eigenvalue weighted by Gasteiger charge is 2.40. The van der Waals surface area contributed by atoms with E-state index in [2.05, 4.69) is 54.1 Å². The van der Waals surface area contributed by atoms with Crippen molar-refractivity contribution < 1.29 is 14.6 Å². The van der Waals surface area contributed by atoms with Gasteiger partial charge in [0.25, 0.3) is 11.5 Å². The number of nitrogens with zero attached hydrogens (tertiary/aromatic N) is 5. The summed E-state index contributed by atoms with van der Waals surface area (Å²) >= 11 is 0. The van der Waals surface area contributed by atoms with E-state index >= 15 is 0 Å². The topological polar surface area (TPSA) is 111 Å². The lowest BCUT2D eigenvalue weighted by molar-refractivity contribution is 0.0614. The highest BCUT2D eigenvalue weighted by Crippen LogP contribution is 2.44. The van der Waals surface area contributed by atoms with Crippen molar-refractivity contribution in [2.75, 3.05) is 20.2 Å². The van der Waals surface area contributed by atoms with Gasteiger partial charge in [0.1, 0.15) is 11.3 Å². The molecule has 8 rings (SSSR count). The second-order valence-electron chi connectivity index (χ2n) is 14.0. The summed E-state index contributed by atoms with van der Waals surface area (Å²) in [6.45, 7) is 2.34. The maximum atomic E-state index is 14.5. The lowest BCUT2D eigenvalue weighted by Crippen LogP contribution is -2.44. The highest BCUT2D eigenvalue weighted by atomic mass is 16.5. The van der Waals surface area contributed by atoms with Crippen LogP contribution < -0.4 is 16.0 Å². The number of carbonyl (C=O) groups is 1. The Hall–Kier alpha value is -6.68. The molecule has 10 nitrogen and oxygen atoms in total. The first-order chi connectivity index (χ1) is 26.7. The van der Waals surface area contributed by atoms with Crippen molar-refractivity contribution >= 4 is 33.4 Å². The number of methoxy groups -OCH3 is 1. The molecule has 55 heavy (non-hydrogen) atoms. The Morgan fingerprint density at radius 2 is 1.47 bits per heavy atom. The molecule has 10 heteroatoms. The highest BCUT2D eigenvalue weighted by molar-refractivity contribution is 6.08. The Labute approximate surface area is 317 Å². The third-order valence-corrected chi connectivity index (χ3v) is 11.0. The fourth-order valence-electron chi connectivity index (χ4n) is 8.09. The van der Waals surface area contributed by atoms with E-state index in [0.717, 1.165) is 47.6 Å². The maximum Gasteiger partial charge on any atom is 0.338 e. The molecular formula is C45H41N5O5. The van der Waals surface area contributed by atoms with Crippen LogP contribution in [0.15, 0.2) is 136 Å². The fraction of sp³-hybridized carbons (Fsp3) is 0.200. The molecular weight excluding hydrogens is 691 g/mol. The number of hydrogen-bond acceptors (Lipinski definition) is 6. The zero-order valence-electron chi connectivity index (χ0n) is 31.1. The van der Waals surface area contributed by atoms with Crippen molar-refractivity contribution in [3.8, 4) is 17.3 Å². The molecule has 1 aliphatic rings. The van der Waals surface area contributed by atoms with Gasteiger partial charge in [0, 0.05) is 66.2 Å². The predicted octanol–water partition coefficient (Wildman–Crippen LogP) is 6.93. The van der Waals surface area contributed by atoms with Gasteiger partial charge in [0.15, 0.2) is 0 Å². The van der Waals surface area contributed by atoms with Crippen molar-refractivity contribution in [1.29, 1.82) is 0 Å². The molecule has 2 aromatic heterocycles. The number of aryl methyl sites for hydroxylation is 1. The van der Waals surface area contributed by atoms with Gasteiger partial charge in [-0.25, -0.2) is 9.36 Å². The Morgan fingerprint density at radius 3 is 2.24 bits per heavy atom. The lowest BCUT2D eigenvalue weighted by atomic mass is 9.79. The fourth-order valence-corrected chi connectivity index (χ4v) is 8.09. The number of fused-ring (bicyclic) bond motifs is 4. The molecule has 0 saturated carbocycles. The van der Waals surface area contributed by atoms with Crippen LogP contribution in [0.2, 0.25) is 0 Å². The third kappa shape index (κ3) is 6.09. The molecule has 0 bridgehead atoms. The summed E-state index contributed by atoms with van der Waals surface area (Å²) in [6, 6.07) is 38.7. The minimum absolute atomic E-state index is 0.0513. The minimum atomic E-state index is -0.693. The van der Waals surface area contributed by atoms with E-state index < -0.39 is 23.2 Å². The van der Waals surface area contributed by atoms with E-state index in [1.807, 2.05) is 59.5 Å². The first-order valence-electron chi connectivity index (χ1n) is 18.3. The van der Waals surface area contributed by atoms with Gasteiger partial charge in [-0.1, -0.05) is 72.8 Å². The number of amides is 1. The number of para-hydroxylation sites is 1. The normalized spacial score (nSPS) is 15.8. The van der Waals surface area contributed by atoms with Crippen molar-refractivity contribution in [3.05, 3.63) is 170 Å². The van der Waals surface area contributed by atoms with E-state index in [9.17, 15) is 19.5 Å². The largest absolute Gasteiger partial charge is 0.497 e. The van der Waals surface area contributed by atoms with E-state index in [4.69, 9.17) is 9.73 Å². The molecule has 3 heterocycles. The van der Waals surface area contributed by atoms with Gasteiger partial charge in [-0.2, -0.15) is 0 Å². The number of carbonyl (C=O) groups excluding carboxylic acids is 1. The van der Waals surface area contributed by atoms with Crippen LogP contribution in [0.4, 0.5) is 0 Å². The summed E-state index contributed by atoms with van der Waals surface area (Å²) in [6.07, 6.45) is 0.660. The number of hydrogen-bond donors (Lipinski definition) is 1. The number of rotatable bonds is 9. The summed E-state index contributed by atoms with van der Waals surface area (Å²) in [4.78, 5) is 48.9. The van der Waals surface area contributed by atoms with Crippen LogP contribution in [0, 0.1) is 0 Å². The molecule has 0 aliphatic carbocycles. The standard InChI is InChI=1S/C45H41N5O5/c1-28(40-43(52)48(3)45(54)50(44(40)53)31-19-21-32(55-4)22-20-31)46-27-37-33-14-8-9-16-35(33)42(51)49(25-24-29-12-6-5-7-13-29)41(37)30-18-23-39-36(26-30)34-15-10-11-17-38(34)47(39)2/h5-23,26,37,41,52H,24-25,27H2,1-4H3/t37-,41-/m1/s1. The average Bonchev–Trinajstić information content (AvgIpc) is 3.50. The Kier molecular flexibility index (Phi) is 9.18. The molecule has 2 atom stereocenters. The second kappa shape index (κ2) is 14.3. The van der Waals surface area contributed by atoms with Gasteiger partial charge in [0.2, 0.25) is 5.88 Å². The first kappa shape index (κ1) is 35.4. The molecule has 0 saturated heterocycles. The van der Waals surface area contributed by atoms with Crippen molar-refractivity contribution in [2.45, 2.75) is 25.3 Å². The van der Waals surface area contributed by atoms with Crippen LogP contribution in [0.1, 0.15) is 51.5 Å². The molecule has 1 aliphatic heterocycles. The molecule has 276 valence electrons. The monoisotopic (exact) mass is 731 g/mol. The van der Waals surface area contributed by atoms with Crippen molar-refractivity contribution in [2.24, 2.45) is 19.1 Å². The van der Waals surface area contributed by atoms with Gasteiger partial charge < -0.3 is 19.3 Å². The summed E-state index contributed by atoms with van der Waals surface area (Å²) in [7, 11) is 5.02. The van der Waals surface area contributed by atoms with Gasteiger partial charge >= 0.3 is 5.69 Å². The zero-order valence-corrected chi connectivity index (χ0v) is 31.1. The molecule has 1 amide bonds. The van der Waals surface area contributed by atoms with Gasteiger partial charge in [-0.15, -0.1) is 0 Å². The molecule has 1 N–H and O–H groups in total. The van der Waals surface area contributed by atoms with E-state index in [1.54, 1.807) is 31.2 Å². The molecule has 0 fully saturated rings. The maximum absolute atomic E-state index is 14.5. The summed E-state index contributed by atoms with van der Waals surface area (Å²) in [5.74, 6) is -0.263.